The van der Waals surface area contributed by atoms with Gasteiger partial charge in [-0.15, -0.1) is 0 Å². The molecular formula is C13H12Cl2O2. The lowest BCUT2D eigenvalue weighted by Crippen LogP contribution is -1.99. The SMILES string of the molecule is O=C(O)/C=C(/Cc1ccc(Cl)cc1Cl)C1CC1. The Bertz CT molecular complexity index is 476. The maximum Gasteiger partial charge on any atom is 0.328 e. The highest BCUT2D eigenvalue weighted by Gasteiger charge is 2.26. The molecule has 90 valence electrons. The van der Waals surface area contributed by atoms with E-state index in [1.165, 1.54) is 6.08 Å². The summed E-state index contributed by atoms with van der Waals surface area (Å²) in [6.07, 6.45) is 4.05. The number of allylic oxidation sites excluding steroid dienone is 1. The van der Waals surface area contributed by atoms with Crippen molar-refractivity contribution in [2.24, 2.45) is 5.92 Å². The Labute approximate surface area is 110 Å². The van der Waals surface area contributed by atoms with Crippen LogP contribution < -0.4 is 0 Å². The zero-order chi connectivity index (χ0) is 12.4. The third-order valence-corrected chi connectivity index (χ3v) is 3.41. The van der Waals surface area contributed by atoms with Crippen LogP contribution in [0.2, 0.25) is 10.0 Å². The van der Waals surface area contributed by atoms with Crippen molar-refractivity contribution >= 4 is 29.2 Å². The smallest absolute Gasteiger partial charge is 0.328 e. The lowest BCUT2D eigenvalue weighted by atomic mass is 10.0. The fraction of sp³-hybridized carbons (Fsp3) is 0.308. The Balaban J connectivity index is 2.20. The van der Waals surface area contributed by atoms with E-state index in [4.69, 9.17) is 28.3 Å². The number of hydrogen-bond donors (Lipinski definition) is 1. The van der Waals surface area contributed by atoms with Gasteiger partial charge >= 0.3 is 5.97 Å². The summed E-state index contributed by atoms with van der Waals surface area (Å²) in [6.45, 7) is 0. The van der Waals surface area contributed by atoms with E-state index in [0.717, 1.165) is 24.0 Å². The molecule has 0 heterocycles. The Morgan fingerprint density at radius 3 is 2.65 bits per heavy atom. The van der Waals surface area contributed by atoms with Crippen LogP contribution in [0, 0.1) is 5.92 Å². The van der Waals surface area contributed by atoms with Crippen LogP contribution in [0.15, 0.2) is 29.8 Å². The summed E-state index contributed by atoms with van der Waals surface area (Å²) in [5, 5.41) is 10.0. The molecule has 1 aromatic rings. The van der Waals surface area contributed by atoms with E-state index in [1.807, 2.05) is 6.07 Å². The Hall–Kier alpha value is -0.990. The molecule has 1 aromatic carbocycles. The number of carbonyl (C=O) groups is 1. The van der Waals surface area contributed by atoms with Gasteiger partial charge in [-0.25, -0.2) is 4.79 Å². The Morgan fingerprint density at radius 2 is 2.12 bits per heavy atom. The van der Waals surface area contributed by atoms with Gasteiger partial charge in [0.05, 0.1) is 0 Å². The topological polar surface area (TPSA) is 37.3 Å². The van der Waals surface area contributed by atoms with Crippen molar-refractivity contribution in [1.29, 1.82) is 0 Å². The zero-order valence-corrected chi connectivity index (χ0v) is 10.6. The molecule has 0 aliphatic heterocycles. The van der Waals surface area contributed by atoms with E-state index >= 15 is 0 Å². The normalized spacial score (nSPS) is 16.0. The summed E-state index contributed by atoms with van der Waals surface area (Å²) in [7, 11) is 0. The van der Waals surface area contributed by atoms with Gasteiger partial charge in [0.15, 0.2) is 0 Å². The molecule has 0 spiro atoms. The number of benzene rings is 1. The third kappa shape index (κ3) is 3.48. The van der Waals surface area contributed by atoms with Crippen molar-refractivity contribution in [3.05, 3.63) is 45.5 Å². The van der Waals surface area contributed by atoms with Crippen molar-refractivity contribution in [1.82, 2.24) is 0 Å². The van der Waals surface area contributed by atoms with Gasteiger partial charge in [0.1, 0.15) is 0 Å². The summed E-state index contributed by atoms with van der Waals surface area (Å²) in [4.78, 5) is 10.7. The monoisotopic (exact) mass is 270 g/mol. The first-order valence-corrected chi connectivity index (χ1v) is 6.19. The standard InChI is InChI=1S/C13H12Cl2O2/c14-11-4-3-9(12(15)7-11)5-10(6-13(16)17)8-1-2-8/h3-4,6-8H,1-2,5H2,(H,16,17)/b10-6-. The molecule has 1 aliphatic carbocycles. The first-order chi connectivity index (χ1) is 8.06. The average molecular weight is 271 g/mol. The van der Waals surface area contributed by atoms with Crippen LogP contribution in [-0.4, -0.2) is 11.1 Å². The number of carboxylic acids is 1. The highest BCUT2D eigenvalue weighted by Crippen LogP contribution is 2.39. The number of halogens is 2. The first kappa shape index (κ1) is 12.5. The molecule has 1 saturated carbocycles. The van der Waals surface area contributed by atoms with Crippen LogP contribution >= 0.6 is 23.2 Å². The van der Waals surface area contributed by atoms with E-state index in [0.29, 0.717) is 22.4 Å². The molecule has 0 unspecified atom stereocenters. The van der Waals surface area contributed by atoms with Crippen LogP contribution in [0.1, 0.15) is 18.4 Å². The molecule has 2 rings (SSSR count). The summed E-state index contributed by atoms with van der Waals surface area (Å²) in [5.74, 6) is -0.477. The van der Waals surface area contributed by atoms with Gasteiger partial charge in [-0.05, 0) is 42.9 Å². The minimum Gasteiger partial charge on any atom is -0.478 e. The summed E-state index contributed by atoms with van der Waals surface area (Å²) < 4.78 is 0. The first-order valence-electron chi connectivity index (χ1n) is 5.43. The van der Waals surface area contributed by atoms with Crippen molar-refractivity contribution < 1.29 is 9.90 Å². The van der Waals surface area contributed by atoms with Crippen LogP contribution in [0.3, 0.4) is 0 Å². The predicted molar refractivity (Wildman–Crippen MR) is 68.6 cm³/mol. The molecule has 0 aromatic heterocycles. The van der Waals surface area contributed by atoms with E-state index in [2.05, 4.69) is 0 Å². The van der Waals surface area contributed by atoms with Crippen LogP contribution in [0.4, 0.5) is 0 Å². The molecule has 4 heteroatoms. The molecule has 0 atom stereocenters. The predicted octanol–water partition coefficient (Wildman–Crippen LogP) is 3.96. The minimum atomic E-state index is -0.892. The fourth-order valence-electron chi connectivity index (χ4n) is 1.81. The van der Waals surface area contributed by atoms with Crippen molar-refractivity contribution in [2.75, 3.05) is 0 Å². The van der Waals surface area contributed by atoms with Gasteiger partial charge in [0.2, 0.25) is 0 Å². The molecule has 1 N–H and O–H groups in total. The summed E-state index contributed by atoms with van der Waals surface area (Å²) in [6, 6.07) is 5.31. The van der Waals surface area contributed by atoms with Crippen molar-refractivity contribution in [3.8, 4) is 0 Å². The van der Waals surface area contributed by atoms with E-state index < -0.39 is 5.97 Å². The Kier molecular flexibility index (Phi) is 3.75. The van der Waals surface area contributed by atoms with Gasteiger partial charge in [-0.2, -0.15) is 0 Å². The second kappa shape index (κ2) is 5.11. The van der Waals surface area contributed by atoms with Crippen molar-refractivity contribution in [3.63, 3.8) is 0 Å². The van der Waals surface area contributed by atoms with Gasteiger partial charge in [0, 0.05) is 16.1 Å². The summed E-state index contributed by atoms with van der Waals surface area (Å²) >= 11 is 11.9. The highest BCUT2D eigenvalue weighted by atomic mass is 35.5. The third-order valence-electron chi connectivity index (χ3n) is 2.82. The second-order valence-corrected chi connectivity index (χ2v) is 5.09. The molecule has 2 nitrogen and oxygen atoms in total. The maximum atomic E-state index is 10.7. The van der Waals surface area contributed by atoms with Crippen LogP contribution in [-0.2, 0) is 11.2 Å². The number of hydrogen-bond acceptors (Lipinski definition) is 1. The molecule has 1 aliphatic rings. The number of aliphatic carboxylic acids is 1. The van der Waals surface area contributed by atoms with E-state index in [-0.39, 0.29) is 0 Å². The molecule has 0 bridgehead atoms. The molecule has 17 heavy (non-hydrogen) atoms. The van der Waals surface area contributed by atoms with Crippen LogP contribution in [0.5, 0.6) is 0 Å². The molecular weight excluding hydrogens is 259 g/mol. The Morgan fingerprint density at radius 1 is 1.41 bits per heavy atom. The molecule has 0 radical (unpaired) electrons. The minimum absolute atomic E-state index is 0.415. The largest absolute Gasteiger partial charge is 0.478 e. The fourth-order valence-corrected chi connectivity index (χ4v) is 2.29. The lowest BCUT2D eigenvalue weighted by Gasteiger charge is -2.07. The van der Waals surface area contributed by atoms with E-state index in [1.54, 1.807) is 12.1 Å². The van der Waals surface area contributed by atoms with Crippen molar-refractivity contribution in [2.45, 2.75) is 19.3 Å². The molecule has 1 fully saturated rings. The highest BCUT2D eigenvalue weighted by molar-refractivity contribution is 6.35. The number of rotatable bonds is 4. The van der Waals surface area contributed by atoms with E-state index in [9.17, 15) is 4.79 Å². The number of carboxylic acid groups (broad SMARTS) is 1. The van der Waals surface area contributed by atoms with Gasteiger partial charge in [-0.3, -0.25) is 0 Å². The van der Waals surface area contributed by atoms with Gasteiger partial charge < -0.3 is 5.11 Å². The lowest BCUT2D eigenvalue weighted by molar-refractivity contribution is -0.131. The van der Waals surface area contributed by atoms with Crippen LogP contribution in [0.25, 0.3) is 0 Å². The maximum absolute atomic E-state index is 10.7. The van der Waals surface area contributed by atoms with Gasteiger partial charge in [-0.1, -0.05) is 34.8 Å². The zero-order valence-electron chi connectivity index (χ0n) is 9.12. The molecule has 0 saturated heterocycles. The van der Waals surface area contributed by atoms with Gasteiger partial charge in [0.25, 0.3) is 0 Å². The molecule has 0 amide bonds. The second-order valence-electron chi connectivity index (χ2n) is 4.24. The average Bonchev–Trinajstić information content (AvgIpc) is 3.03. The quantitative estimate of drug-likeness (QED) is 0.841. The summed E-state index contributed by atoms with van der Waals surface area (Å²) in [5.41, 5.74) is 1.87.